The van der Waals surface area contributed by atoms with Gasteiger partial charge in [0.05, 0.1) is 26.4 Å². The Bertz CT molecular complexity index is 1820. The van der Waals surface area contributed by atoms with Crippen LogP contribution in [0.5, 0.6) is 0 Å². The summed E-state index contributed by atoms with van der Waals surface area (Å²) in [6.07, 6.45) is 54.0. The summed E-state index contributed by atoms with van der Waals surface area (Å²) >= 11 is 0. The number of esters is 4. The van der Waals surface area contributed by atoms with E-state index in [2.05, 4.69) is 41.5 Å². The number of ether oxygens (including phenoxy) is 4. The molecule has 0 aromatic heterocycles. The number of carbonyl (C=O) groups excluding carboxylic acids is 4. The summed E-state index contributed by atoms with van der Waals surface area (Å²) in [7, 11) is -9.91. The molecular weight excluding hydrogens is 1230 g/mol. The highest BCUT2D eigenvalue weighted by molar-refractivity contribution is 7.47. The van der Waals surface area contributed by atoms with Crippen LogP contribution in [-0.2, 0) is 65.4 Å². The molecule has 0 aromatic carbocycles. The van der Waals surface area contributed by atoms with Crippen LogP contribution >= 0.6 is 15.6 Å². The van der Waals surface area contributed by atoms with Crippen molar-refractivity contribution >= 4 is 39.5 Å². The van der Waals surface area contributed by atoms with E-state index in [9.17, 15) is 43.2 Å². The Morgan fingerprint density at radius 1 is 0.287 bits per heavy atom. The van der Waals surface area contributed by atoms with Crippen molar-refractivity contribution < 1.29 is 80.2 Å². The fourth-order valence-corrected chi connectivity index (χ4v) is 13.1. The van der Waals surface area contributed by atoms with E-state index in [4.69, 9.17) is 37.0 Å². The number of phosphoric ester groups is 2. The van der Waals surface area contributed by atoms with Crippen LogP contribution in [0.2, 0.25) is 0 Å². The molecule has 0 aliphatic heterocycles. The monoisotopic (exact) mass is 1380 g/mol. The molecular formula is C75H146O17P2. The quantitative estimate of drug-likeness (QED) is 0.0222. The molecule has 0 aromatic rings. The molecule has 94 heavy (non-hydrogen) atoms. The smallest absolute Gasteiger partial charge is 0.462 e. The summed E-state index contributed by atoms with van der Waals surface area (Å²) in [5.41, 5.74) is 0. The van der Waals surface area contributed by atoms with Crippen molar-refractivity contribution in [2.75, 3.05) is 39.6 Å². The number of phosphoric acid groups is 2. The van der Waals surface area contributed by atoms with Gasteiger partial charge in [0.2, 0.25) is 0 Å². The highest BCUT2D eigenvalue weighted by atomic mass is 31.2. The Balaban J connectivity index is 5.26. The molecule has 5 atom stereocenters. The van der Waals surface area contributed by atoms with E-state index >= 15 is 0 Å². The first-order valence-electron chi connectivity index (χ1n) is 39.0. The largest absolute Gasteiger partial charge is 0.472 e. The van der Waals surface area contributed by atoms with E-state index in [1.165, 1.54) is 205 Å². The fourth-order valence-electron chi connectivity index (χ4n) is 11.5. The van der Waals surface area contributed by atoms with E-state index in [0.717, 1.165) is 102 Å². The van der Waals surface area contributed by atoms with Crippen molar-refractivity contribution in [2.24, 2.45) is 11.8 Å². The Kier molecular flexibility index (Phi) is 65.5. The van der Waals surface area contributed by atoms with E-state index in [1.54, 1.807) is 0 Å². The topological polar surface area (TPSA) is 237 Å². The van der Waals surface area contributed by atoms with Gasteiger partial charge in [-0.15, -0.1) is 0 Å². The second-order valence-electron chi connectivity index (χ2n) is 28.0. The van der Waals surface area contributed by atoms with Crippen LogP contribution in [0.15, 0.2) is 0 Å². The van der Waals surface area contributed by atoms with Crippen LogP contribution in [0.25, 0.3) is 0 Å². The normalized spacial score (nSPS) is 14.0. The van der Waals surface area contributed by atoms with Crippen molar-refractivity contribution in [3.63, 3.8) is 0 Å². The summed E-state index contributed by atoms with van der Waals surface area (Å²) in [5, 5.41) is 10.6. The van der Waals surface area contributed by atoms with Gasteiger partial charge in [-0.25, -0.2) is 9.13 Å². The molecule has 17 nitrogen and oxygen atoms in total. The maximum atomic E-state index is 13.1. The third-order valence-corrected chi connectivity index (χ3v) is 19.4. The first-order valence-corrected chi connectivity index (χ1v) is 42.0. The number of hydrogen-bond acceptors (Lipinski definition) is 15. The molecule has 0 radical (unpaired) electrons. The van der Waals surface area contributed by atoms with Gasteiger partial charge in [0, 0.05) is 25.7 Å². The predicted octanol–water partition coefficient (Wildman–Crippen LogP) is 21.9. The third kappa shape index (κ3) is 68.6. The second-order valence-corrected chi connectivity index (χ2v) is 30.9. The molecule has 0 saturated carbocycles. The summed E-state index contributed by atoms with van der Waals surface area (Å²) in [4.78, 5) is 72.8. The van der Waals surface area contributed by atoms with Gasteiger partial charge in [0.1, 0.15) is 19.3 Å². The number of rotatable bonds is 74. The number of aliphatic hydroxyl groups excluding tert-OH is 1. The molecule has 2 unspecified atom stereocenters. The van der Waals surface area contributed by atoms with E-state index in [0.29, 0.717) is 25.7 Å². The average molecular weight is 1380 g/mol. The van der Waals surface area contributed by atoms with E-state index in [1.807, 2.05) is 0 Å². The first kappa shape index (κ1) is 92.1. The van der Waals surface area contributed by atoms with Gasteiger partial charge in [0.25, 0.3) is 0 Å². The highest BCUT2D eigenvalue weighted by Gasteiger charge is 2.30. The molecule has 0 rings (SSSR count). The summed E-state index contributed by atoms with van der Waals surface area (Å²) in [6, 6.07) is 0. The van der Waals surface area contributed by atoms with Gasteiger partial charge in [-0.2, -0.15) is 0 Å². The molecule has 0 spiro atoms. The maximum Gasteiger partial charge on any atom is 0.472 e. The van der Waals surface area contributed by atoms with E-state index in [-0.39, 0.29) is 25.7 Å². The number of carbonyl (C=O) groups is 4. The predicted molar refractivity (Wildman–Crippen MR) is 381 cm³/mol. The van der Waals surface area contributed by atoms with Gasteiger partial charge in [-0.05, 0) is 37.5 Å². The molecule has 0 amide bonds. The van der Waals surface area contributed by atoms with Crippen molar-refractivity contribution in [3.05, 3.63) is 0 Å². The van der Waals surface area contributed by atoms with Crippen LogP contribution in [0.3, 0.4) is 0 Å². The summed E-state index contributed by atoms with van der Waals surface area (Å²) in [5.74, 6) is -0.617. The lowest BCUT2D eigenvalue weighted by molar-refractivity contribution is -0.161. The SMILES string of the molecule is CCCCCCCCCCCCCCCCCC(=O)O[C@H](COC(=O)CCCCCCCCCCCCCC(C)C)COP(=O)(O)OC[C@@H](O)COP(=O)(O)OC[C@@H](COC(=O)CCCCCCCCCCC(C)C)OC(=O)CCCCCCCCCCCCCCCC. The molecule has 0 saturated heterocycles. The highest BCUT2D eigenvalue weighted by Crippen LogP contribution is 2.45. The van der Waals surface area contributed by atoms with Gasteiger partial charge in [-0.1, -0.05) is 337 Å². The molecule has 0 heterocycles. The van der Waals surface area contributed by atoms with Gasteiger partial charge < -0.3 is 33.8 Å². The van der Waals surface area contributed by atoms with Gasteiger partial charge >= 0.3 is 39.5 Å². The maximum absolute atomic E-state index is 13.1. The van der Waals surface area contributed by atoms with Crippen molar-refractivity contribution in [3.8, 4) is 0 Å². The van der Waals surface area contributed by atoms with Crippen molar-refractivity contribution in [2.45, 2.75) is 407 Å². The van der Waals surface area contributed by atoms with Gasteiger partial charge in [0.15, 0.2) is 12.2 Å². The van der Waals surface area contributed by atoms with Crippen molar-refractivity contribution in [1.29, 1.82) is 0 Å². The zero-order valence-corrected chi connectivity index (χ0v) is 63.1. The lowest BCUT2D eigenvalue weighted by atomic mass is 10.0. The Labute approximate surface area is 575 Å². The van der Waals surface area contributed by atoms with Crippen LogP contribution in [0.1, 0.15) is 388 Å². The number of unbranched alkanes of at least 4 members (excludes halogenated alkanes) is 44. The molecule has 3 N–H and O–H groups in total. The minimum Gasteiger partial charge on any atom is -0.462 e. The summed E-state index contributed by atoms with van der Waals surface area (Å²) in [6.45, 7) is 9.57. The minimum atomic E-state index is -4.96. The molecule has 19 heteroatoms. The fraction of sp³-hybridized carbons (Fsp3) is 0.947. The lowest BCUT2D eigenvalue weighted by Gasteiger charge is -2.21. The summed E-state index contributed by atoms with van der Waals surface area (Å²) < 4.78 is 68.5. The third-order valence-electron chi connectivity index (χ3n) is 17.5. The van der Waals surface area contributed by atoms with Crippen LogP contribution in [0, 0.1) is 11.8 Å². The number of aliphatic hydroxyl groups is 1. The van der Waals surface area contributed by atoms with E-state index < -0.39 is 97.5 Å². The zero-order chi connectivity index (χ0) is 69.3. The Morgan fingerprint density at radius 2 is 0.489 bits per heavy atom. The number of hydrogen-bond donors (Lipinski definition) is 3. The second kappa shape index (κ2) is 66.9. The average Bonchev–Trinajstić information content (AvgIpc) is 3.05. The Hall–Kier alpha value is -1.94. The van der Waals surface area contributed by atoms with Gasteiger partial charge in [-0.3, -0.25) is 37.3 Å². The Morgan fingerprint density at radius 3 is 0.723 bits per heavy atom. The molecule has 0 aliphatic rings. The minimum absolute atomic E-state index is 0.107. The molecule has 0 bridgehead atoms. The zero-order valence-electron chi connectivity index (χ0n) is 61.3. The van der Waals surface area contributed by atoms with Crippen molar-refractivity contribution in [1.82, 2.24) is 0 Å². The molecule has 0 fully saturated rings. The standard InChI is InChI=1S/C75H146O17P2/c1-7-9-11-13-15-17-19-21-23-25-29-34-42-48-54-60-75(80)91-70(63-85-72(77)57-51-45-39-32-30-26-27-31-37-43-49-55-67(3)4)65-89-93(81,82)87-61-69(76)62-88-94(83,84)90-66-71(64-86-73(78)58-52-46-40-36-35-38-44-50-56-68(5)6)92-74(79)59-53-47-41-33-28-24-22-20-18-16-14-12-10-8-2/h67-71,76H,7-66H2,1-6H3,(H,81,82)(H,83,84)/t69-,70-,71-/m1/s1. The van der Waals surface area contributed by atoms with Crippen LogP contribution in [0.4, 0.5) is 0 Å². The first-order chi connectivity index (χ1) is 45.4. The molecule has 0 aliphatic carbocycles. The van der Waals surface area contributed by atoms with Crippen LogP contribution in [-0.4, -0.2) is 96.7 Å². The van der Waals surface area contributed by atoms with Crippen LogP contribution < -0.4 is 0 Å². The molecule has 558 valence electrons. The lowest BCUT2D eigenvalue weighted by Crippen LogP contribution is -2.30.